The predicted octanol–water partition coefficient (Wildman–Crippen LogP) is 1.07. The fourth-order valence-electron chi connectivity index (χ4n) is 3.06. The summed E-state index contributed by atoms with van der Waals surface area (Å²) in [4.78, 5) is 28.8. The Morgan fingerprint density at radius 2 is 1.73 bits per heavy atom. The summed E-state index contributed by atoms with van der Waals surface area (Å²) < 4.78 is 10.5. The van der Waals surface area contributed by atoms with Gasteiger partial charge in [-0.05, 0) is 18.2 Å². The van der Waals surface area contributed by atoms with E-state index in [1.54, 1.807) is 49.1 Å². The van der Waals surface area contributed by atoms with Crippen LogP contribution >= 0.6 is 24.2 Å². The summed E-state index contributed by atoms with van der Waals surface area (Å²) in [5, 5.41) is 3.20. The average molecular weight is 402 g/mol. The lowest BCUT2D eigenvalue weighted by molar-refractivity contribution is -0.134. The highest BCUT2D eigenvalue weighted by Crippen LogP contribution is 2.28. The van der Waals surface area contributed by atoms with Crippen molar-refractivity contribution in [1.29, 1.82) is 0 Å². The minimum absolute atomic E-state index is 0. The maximum Gasteiger partial charge on any atom is 0.254 e. The summed E-state index contributed by atoms with van der Waals surface area (Å²) in [7, 11) is 3.11. The van der Waals surface area contributed by atoms with Gasteiger partial charge in [0.15, 0.2) is 11.5 Å². The lowest BCUT2D eigenvalue weighted by Gasteiger charge is -2.36. The maximum absolute atomic E-state index is 12.7. The monoisotopic (exact) mass is 401 g/mol. The van der Waals surface area contributed by atoms with Gasteiger partial charge in [0, 0.05) is 43.4 Å². The molecule has 2 fully saturated rings. The van der Waals surface area contributed by atoms with Crippen LogP contribution < -0.4 is 14.8 Å². The van der Waals surface area contributed by atoms with Crippen molar-refractivity contribution in [2.45, 2.75) is 6.04 Å². The molecule has 1 atom stereocenters. The molecule has 7 nitrogen and oxygen atoms in total. The molecule has 2 saturated heterocycles. The zero-order chi connectivity index (χ0) is 17.8. The van der Waals surface area contributed by atoms with E-state index >= 15 is 0 Å². The van der Waals surface area contributed by atoms with Crippen LogP contribution in [0.15, 0.2) is 18.2 Å². The molecule has 0 radical (unpaired) electrons. The molecule has 1 aromatic carbocycles. The third-order valence-electron chi connectivity index (χ3n) is 4.52. The Balaban J connectivity index is 0.00000243. The first-order chi connectivity index (χ1) is 12.1. The van der Waals surface area contributed by atoms with E-state index in [0.29, 0.717) is 43.2 Å². The lowest BCUT2D eigenvalue weighted by Crippen LogP contribution is -2.54. The molecule has 2 aliphatic rings. The Hall–Kier alpha value is -1.64. The van der Waals surface area contributed by atoms with Gasteiger partial charge in [0.1, 0.15) is 0 Å². The number of nitrogens with zero attached hydrogens (tertiary/aromatic N) is 2. The van der Waals surface area contributed by atoms with Crippen molar-refractivity contribution in [3.8, 4) is 11.5 Å². The predicted molar refractivity (Wildman–Crippen MR) is 104 cm³/mol. The Morgan fingerprint density at radius 3 is 2.31 bits per heavy atom. The van der Waals surface area contributed by atoms with Gasteiger partial charge in [-0.1, -0.05) is 0 Å². The summed E-state index contributed by atoms with van der Waals surface area (Å²) in [6.07, 6.45) is 0. The fraction of sp³-hybridized carbons (Fsp3) is 0.529. The first-order valence-corrected chi connectivity index (χ1v) is 9.40. The van der Waals surface area contributed by atoms with Crippen LogP contribution in [0, 0.1) is 0 Å². The Bertz CT molecular complexity index is 647. The molecule has 144 valence electrons. The topological polar surface area (TPSA) is 71.1 Å². The Labute approximate surface area is 163 Å². The van der Waals surface area contributed by atoms with E-state index in [9.17, 15) is 9.59 Å². The van der Waals surface area contributed by atoms with Crippen molar-refractivity contribution in [2.75, 3.05) is 52.0 Å². The van der Waals surface area contributed by atoms with Gasteiger partial charge in [-0.25, -0.2) is 0 Å². The summed E-state index contributed by atoms with van der Waals surface area (Å²) in [6, 6.07) is 5.08. The van der Waals surface area contributed by atoms with E-state index in [1.165, 1.54) is 0 Å². The summed E-state index contributed by atoms with van der Waals surface area (Å²) in [6.45, 7) is 2.22. The number of benzene rings is 1. The number of piperazine rings is 1. The van der Waals surface area contributed by atoms with E-state index in [0.717, 1.165) is 11.6 Å². The van der Waals surface area contributed by atoms with E-state index in [-0.39, 0.29) is 30.3 Å². The first kappa shape index (κ1) is 20.7. The zero-order valence-corrected chi connectivity index (χ0v) is 16.5. The zero-order valence-electron chi connectivity index (χ0n) is 14.9. The molecule has 0 saturated carbocycles. The summed E-state index contributed by atoms with van der Waals surface area (Å²) in [5.41, 5.74) is 0.561. The maximum atomic E-state index is 12.7. The van der Waals surface area contributed by atoms with Crippen LogP contribution in [0.1, 0.15) is 10.4 Å². The fourth-order valence-corrected chi connectivity index (χ4v) is 3.99. The van der Waals surface area contributed by atoms with Crippen LogP contribution in [0.4, 0.5) is 0 Å². The molecule has 1 N–H and O–H groups in total. The lowest BCUT2D eigenvalue weighted by atomic mass is 10.1. The third kappa shape index (κ3) is 4.36. The third-order valence-corrected chi connectivity index (χ3v) is 5.46. The largest absolute Gasteiger partial charge is 0.493 e. The van der Waals surface area contributed by atoms with Crippen molar-refractivity contribution in [1.82, 2.24) is 15.1 Å². The summed E-state index contributed by atoms with van der Waals surface area (Å²) >= 11 is 1.74. The molecule has 1 unspecified atom stereocenters. The molecule has 0 aliphatic carbocycles. The number of methoxy groups -OCH3 is 2. The van der Waals surface area contributed by atoms with Crippen molar-refractivity contribution in [3.05, 3.63) is 23.8 Å². The standard InChI is InChI=1S/C17H23N3O4S.ClH/c1-23-14-4-3-12(9-15(14)24-2)16(21)19-5-7-20(8-6-19)17(22)13-10-25-11-18-13;/h3-4,9,13,18H,5-8,10-11H2,1-2H3;1H. The number of hydrogen-bond acceptors (Lipinski definition) is 6. The highest BCUT2D eigenvalue weighted by Gasteiger charge is 2.31. The minimum Gasteiger partial charge on any atom is -0.493 e. The van der Waals surface area contributed by atoms with Crippen LogP contribution in [-0.2, 0) is 4.79 Å². The number of carbonyl (C=O) groups excluding carboxylic acids is 2. The number of hydrogen-bond donors (Lipinski definition) is 1. The van der Waals surface area contributed by atoms with Gasteiger partial charge in [-0.3, -0.25) is 14.9 Å². The minimum atomic E-state index is -0.0851. The normalized spacial score (nSPS) is 19.7. The number of halogens is 1. The number of carbonyl (C=O) groups is 2. The molecule has 2 aliphatic heterocycles. The van der Waals surface area contributed by atoms with E-state index in [2.05, 4.69) is 5.32 Å². The number of rotatable bonds is 4. The number of thioether (sulfide) groups is 1. The quantitative estimate of drug-likeness (QED) is 0.813. The second-order valence-corrected chi connectivity index (χ2v) is 6.99. The van der Waals surface area contributed by atoms with Gasteiger partial charge in [-0.15, -0.1) is 24.2 Å². The van der Waals surface area contributed by atoms with Gasteiger partial charge in [0.2, 0.25) is 5.91 Å². The first-order valence-electron chi connectivity index (χ1n) is 8.25. The molecule has 0 bridgehead atoms. The van der Waals surface area contributed by atoms with Crippen LogP contribution in [0.5, 0.6) is 11.5 Å². The smallest absolute Gasteiger partial charge is 0.254 e. The van der Waals surface area contributed by atoms with E-state index in [4.69, 9.17) is 9.47 Å². The van der Waals surface area contributed by atoms with Crippen molar-refractivity contribution >= 4 is 36.0 Å². The number of nitrogens with one attached hydrogen (secondary N) is 1. The molecule has 9 heteroatoms. The van der Waals surface area contributed by atoms with Crippen LogP contribution in [0.25, 0.3) is 0 Å². The van der Waals surface area contributed by atoms with E-state index in [1.807, 2.05) is 4.90 Å². The summed E-state index contributed by atoms with van der Waals surface area (Å²) in [5.74, 6) is 2.87. The second-order valence-electron chi connectivity index (χ2n) is 5.96. The Kier molecular flexibility index (Phi) is 7.43. The van der Waals surface area contributed by atoms with Gasteiger partial charge < -0.3 is 19.3 Å². The molecular formula is C17H24ClN3O4S. The molecule has 1 aromatic rings. The van der Waals surface area contributed by atoms with Crippen molar-refractivity contribution in [2.24, 2.45) is 0 Å². The van der Waals surface area contributed by atoms with Gasteiger partial charge >= 0.3 is 0 Å². The Morgan fingerprint density at radius 1 is 1.08 bits per heavy atom. The highest BCUT2D eigenvalue weighted by molar-refractivity contribution is 7.99. The second kappa shape index (κ2) is 9.34. The molecule has 26 heavy (non-hydrogen) atoms. The molecule has 0 aromatic heterocycles. The number of amides is 2. The molecule has 3 rings (SSSR count). The van der Waals surface area contributed by atoms with Crippen LogP contribution in [0.3, 0.4) is 0 Å². The van der Waals surface area contributed by atoms with Crippen LogP contribution in [-0.4, -0.2) is 79.7 Å². The van der Waals surface area contributed by atoms with Gasteiger partial charge in [0.05, 0.1) is 20.3 Å². The van der Waals surface area contributed by atoms with Crippen LogP contribution in [0.2, 0.25) is 0 Å². The number of ether oxygens (including phenoxy) is 2. The molecule has 2 amide bonds. The SMILES string of the molecule is COc1ccc(C(=O)N2CCN(C(=O)C3CSCN3)CC2)cc1OC.Cl. The van der Waals surface area contributed by atoms with Gasteiger partial charge in [0.25, 0.3) is 5.91 Å². The highest BCUT2D eigenvalue weighted by atomic mass is 35.5. The van der Waals surface area contributed by atoms with Crippen molar-refractivity contribution < 1.29 is 19.1 Å². The molecule has 0 spiro atoms. The average Bonchev–Trinajstić information content (AvgIpc) is 3.21. The van der Waals surface area contributed by atoms with Gasteiger partial charge in [-0.2, -0.15) is 0 Å². The van der Waals surface area contributed by atoms with E-state index < -0.39 is 0 Å². The van der Waals surface area contributed by atoms with Crippen molar-refractivity contribution in [3.63, 3.8) is 0 Å². The molecule has 2 heterocycles. The molecular weight excluding hydrogens is 378 g/mol.